The Balaban J connectivity index is 1.29. The van der Waals surface area contributed by atoms with Gasteiger partial charge in [0.25, 0.3) is 0 Å². The van der Waals surface area contributed by atoms with Gasteiger partial charge in [0.2, 0.25) is 0 Å². The van der Waals surface area contributed by atoms with Gasteiger partial charge >= 0.3 is 18.1 Å². The molecule has 0 aromatic heterocycles. The molecule has 0 amide bonds. The van der Waals surface area contributed by atoms with Gasteiger partial charge in [0, 0.05) is 28.7 Å². The van der Waals surface area contributed by atoms with Crippen LogP contribution in [-0.2, 0) is 17.2 Å². The van der Waals surface area contributed by atoms with Crippen LogP contribution in [0.25, 0.3) is 0 Å². The first-order valence-corrected chi connectivity index (χ1v) is 16.8. The summed E-state index contributed by atoms with van der Waals surface area (Å²) < 4.78 is 82.0. The Morgan fingerprint density at radius 1 is 1.05 bits per heavy atom. The molecule has 0 saturated heterocycles. The number of phenols is 1. The lowest BCUT2D eigenvalue weighted by molar-refractivity contribution is -0.284. The summed E-state index contributed by atoms with van der Waals surface area (Å²) in [5.41, 5.74) is 2.13. The van der Waals surface area contributed by atoms with Crippen LogP contribution < -0.4 is 4.74 Å². The summed E-state index contributed by atoms with van der Waals surface area (Å²) >= 11 is 0. The molecule has 2 saturated carbocycles. The maximum absolute atomic E-state index is 13.2. The number of fused-ring (bicyclic) bond motifs is 5. The minimum absolute atomic E-state index is 0.0599. The summed E-state index contributed by atoms with van der Waals surface area (Å²) in [6.45, 7) is 2.17. The van der Waals surface area contributed by atoms with Crippen molar-refractivity contribution >= 4 is 16.8 Å². The van der Waals surface area contributed by atoms with Crippen LogP contribution in [0.1, 0.15) is 85.7 Å². The van der Waals surface area contributed by atoms with Gasteiger partial charge in [0.15, 0.2) is 0 Å². The summed E-state index contributed by atoms with van der Waals surface area (Å²) in [4.78, 5) is 12.7. The normalized spacial score (nSPS) is 28.9. The van der Waals surface area contributed by atoms with Gasteiger partial charge in [-0.2, -0.15) is 22.0 Å². The fourth-order valence-electron chi connectivity index (χ4n) is 8.10. The number of aliphatic hydroxyl groups excluding tert-OH is 1. The number of para-hydroxylation sites is 1. The fraction of sp³-hybridized carbons (Fsp3) is 0.606. The van der Waals surface area contributed by atoms with E-state index in [0.29, 0.717) is 30.9 Å². The lowest BCUT2D eigenvalue weighted by atomic mass is 9.52. The molecule has 0 spiro atoms. The molecule has 2 aromatic rings. The first kappa shape index (κ1) is 32.9. The van der Waals surface area contributed by atoms with Crippen molar-refractivity contribution in [3.8, 4) is 11.5 Å². The van der Waals surface area contributed by atoms with E-state index >= 15 is 0 Å². The maximum atomic E-state index is 13.2. The van der Waals surface area contributed by atoms with Crippen molar-refractivity contribution in [1.29, 1.82) is 0 Å². The van der Waals surface area contributed by atoms with Crippen molar-refractivity contribution in [2.75, 3.05) is 11.5 Å². The third-order valence-electron chi connectivity index (χ3n) is 10.4. The van der Waals surface area contributed by atoms with Crippen molar-refractivity contribution in [2.45, 2.75) is 88.8 Å². The van der Waals surface area contributed by atoms with Gasteiger partial charge in [-0.1, -0.05) is 25.1 Å². The van der Waals surface area contributed by atoms with Crippen LogP contribution >= 0.6 is 0 Å². The average molecular weight is 643 g/mol. The van der Waals surface area contributed by atoms with E-state index < -0.39 is 41.7 Å². The molecule has 7 atom stereocenters. The number of rotatable bonds is 10. The summed E-state index contributed by atoms with van der Waals surface area (Å²) in [5, 5.41) is 20.9. The second kappa shape index (κ2) is 12.7. The number of carbonyl (C=O) groups is 1. The lowest BCUT2D eigenvalue weighted by Crippen LogP contribution is -2.47. The molecule has 242 valence electrons. The van der Waals surface area contributed by atoms with Gasteiger partial charge in [-0.3, -0.25) is 4.21 Å². The lowest BCUT2D eigenvalue weighted by Gasteiger charge is -2.53. The first-order chi connectivity index (χ1) is 20.7. The van der Waals surface area contributed by atoms with Crippen LogP contribution in [0.3, 0.4) is 0 Å². The van der Waals surface area contributed by atoms with Crippen molar-refractivity contribution < 1.29 is 45.9 Å². The van der Waals surface area contributed by atoms with E-state index in [9.17, 15) is 41.2 Å². The number of ether oxygens (including phenoxy) is 1. The van der Waals surface area contributed by atoms with E-state index in [1.165, 1.54) is 17.7 Å². The molecule has 44 heavy (non-hydrogen) atoms. The molecule has 5 nitrogen and oxygen atoms in total. The molecule has 1 unspecified atom stereocenters. The molecule has 0 aliphatic heterocycles. The summed E-state index contributed by atoms with van der Waals surface area (Å²) in [6, 6.07) is 11.8. The minimum atomic E-state index is -5.61. The van der Waals surface area contributed by atoms with Gasteiger partial charge in [0.05, 0.1) is 6.10 Å². The zero-order valence-electron chi connectivity index (χ0n) is 24.6. The highest BCUT2D eigenvalue weighted by Crippen LogP contribution is 2.62. The van der Waals surface area contributed by atoms with Crippen LogP contribution in [0.15, 0.2) is 42.5 Å². The molecule has 0 heterocycles. The number of phenolic OH excluding ortho intramolecular Hbond substituents is 1. The SMILES string of the molecule is C[C@]12CC[C@@H]3c4ccc(OC(=O)c5ccccc5O)cc4C[C@@H](CCCS(=O)CCCC(F)(F)C(F)(F)F)[C@H]3[C@@H]1CC[C@@H]2O. The molecule has 3 aliphatic rings. The summed E-state index contributed by atoms with van der Waals surface area (Å²) in [5.74, 6) is -4.23. The molecule has 5 rings (SSSR count). The van der Waals surface area contributed by atoms with Crippen LogP contribution in [0, 0.1) is 23.2 Å². The molecule has 2 aromatic carbocycles. The summed E-state index contributed by atoms with van der Waals surface area (Å²) in [6.07, 6.45) is -2.43. The zero-order chi connectivity index (χ0) is 31.9. The number of aromatic hydroxyl groups is 1. The molecular formula is C33H39F5O5S. The number of carbonyl (C=O) groups excluding carboxylic acids is 1. The highest BCUT2D eigenvalue weighted by atomic mass is 32.2. The van der Waals surface area contributed by atoms with Gasteiger partial charge < -0.3 is 14.9 Å². The molecule has 11 heteroatoms. The van der Waals surface area contributed by atoms with Crippen LogP contribution in [0.4, 0.5) is 22.0 Å². The largest absolute Gasteiger partial charge is 0.507 e. The molecule has 2 N–H and O–H groups in total. The molecule has 0 radical (unpaired) electrons. The highest BCUT2D eigenvalue weighted by Gasteiger charge is 2.57. The Morgan fingerprint density at radius 2 is 1.77 bits per heavy atom. The number of aliphatic hydroxyl groups is 1. The number of alkyl halides is 5. The minimum Gasteiger partial charge on any atom is -0.507 e. The van der Waals surface area contributed by atoms with Crippen LogP contribution in [-0.4, -0.2) is 50.1 Å². The van der Waals surface area contributed by atoms with Gasteiger partial charge in [-0.05, 0) is 116 Å². The number of halogens is 5. The van der Waals surface area contributed by atoms with Crippen molar-refractivity contribution in [2.24, 2.45) is 23.2 Å². The second-order valence-corrected chi connectivity index (χ2v) is 14.7. The first-order valence-electron chi connectivity index (χ1n) is 15.3. The van der Waals surface area contributed by atoms with Crippen molar-refractivity contribution in [1.82, 2.24) is 0 Å². The average Bonchev–Trinajstić information content (AvgIpc) is 3.26. The summed E-state index contributed by atoms with van der Waals surface area (Å²) in [7, 11) is -1.51. The van der Waals surface area contributed by atoms with Gasteiger partial charge in [0.1, 0.15) is 17.1 Å². The van der Waals surface area contributed by atoms with E-state index in [0.717, 1.165) is 31.2 Å². The van der Waals surface area contributed by atoms with E-state index in [1.54, 1.807) is 18.2 Å². The van der Waals surface area contributed by atoms with E-state index in [1.807, 2.05) is 12.1 Å². The third-order valence-corrected chi connectivity index (χ3v) is 11.9. The Kier molecular flexibility index (Phi) is 9.48. The molecule has 3 aliphatic carbocycles. The Labute approximate surface area is 256 Å². The monoisotopic (exact) mass is 642 g/mol. The Hall–Kier alpha value is -2.53. The number of benzene rings is 2. The predicted octanol–water partition coefficient (Wildman–Crippen LogP) is 7.56. The van der Waals surface area contributed by atoms with E-state index in [-0.39, 0.29) is 52.1 Å². The topological polar surface area (TPSA) is 83.8 Å². The predicted molar refractivity (Wildman–Crippen MR) is 156 cm³/mol. The van der Waals surface area contributed by atoms with Gasteiger partial charge in [-0.25, -0.2) is 4.79 Å². The van der Waals surface area contributed by atoms with Gasteiger partial charge in [-0.15, -0.1) is 0 Å². The molecule has 2 fully saturated rings. The molecule has 0 bridgehead atoms. The van der Waals surface area contributed by atoms with E-state index in [4.69, 9.17) is 4.74 Å². The van der Waals surface area contributed by atoms with Crippen molar-refractivity contribution in [3.05, 3.63) is 59.2 Å². The Bertz CT molecular complexity index is 1380. The van der Waals surface area contributed by atoms with Crippen LogP contribution in [0.5, 0.6) is 11.5 Å². The Morgan fingerprint density at radius 3 is 2.50 bits per heavy atom. The second-order valence-electron chi connectivity index (χ2n) is 13.0. The van der Waals surface area contributed by atoms with Crippen LogP contribution in [0.2, 0.25) is 0 Å². The standard InChI is InChI=1S/C33H39F5O5S/c1-31-15-13-24-23-10-9-22(43-30(41)25-7-2-3-8-27(25)39)19-21(23)18-20(29(24)26(31)11-12-28(31)40)6-4-16-44(42)17-5-14-32(34,35)33(36,37)38/h2-3,7-10,19-20,24,26,28-29,39-40H,4-6,11-18H2,1H3/t20-,24-,26+,28+,29-,31+,44?/m1/s1. The fourth-order valence-corrected chi connectivity index (χ4v) is 9.26. The number of hydrogen-bond acceptors (Lipinski definition) is 5. The smallest absolute Gasteiger partial charge is 0.453 e. The number of esters is 1. The number of hydrogen-bond donors (Lipinski definition) is 2. The third kappa shape index (κ3) is 6.55. The highest BCUT2D eigenvalue weighted by molar-refractivity contribution is 7.84. The van der Waals surface area contributed by atoms with Crippen molar-refractivity contribution in [3.63, 3.8) is 0 Å². The molecular weight excluding hydrogens is 603 g/mol. The maximum Gasteiger partial charge on any atom is 0.453 e. The quantitative estimate of drug-likeness (QED) is 0.159. The van der Waals surface area contributed by atoms with E-state index in [2.05, 4.69) is 6.92 Å². The zero-order valence-corrected chi connectivity index (χ0v) is 25.4.